The van der Waals surface area contributed by atoms with Gasteiger partial charge in [0.05, 0.1) is 19.3 Å². The highest BCUT2D eigenvalue weighted by atomic mass is 32.1. The molecule has 0 aliphatic carbocycles. The van der Waals surface area contributed by atoms with E-state index in [2.05, 4.69) is 58.7 Å². The number of piperidine rings is 1. The number of likely N-dealkylation sites (tertiary alicyclic amines) is 1. The van der Waals surface area contributed by atoms with Gasteiger partial charge in [0.15, 0.2) is 14.0 Å². The lowest BCUT2D eigenvalue weighted by atomic mass is 9.92. The molecule has 2 rings (SSSR count). The van der Waals surface area contributed by atoms with Crippen molar-refractivity contribution in [2.75, 3.05) is 34.0 Å². The maximum absolute atomic E-state index is 14.8. The Morgan fingerprint density at radius 2 is 1.77 bits per heavy atom. The molecule has 1 unspecified atom stereocenters. The van der Waals surface area contributed by atoms with Gasteiger partial charge in [0.1, 0.15) is 17.8 Å². The Kier molecular flexibility index (Phi) is 18.8. The molecule has 2 amide bonds. The van der Waals surface area contributed by atoms with Crippen molar-refractivity contribution >= 4 is 37.4 Å². The molecule has 5 atom stereocenters. The summed E-state index contributed by atoms with van der Waals surface area (Å²) >= 11 is 1.40. The molecule has 0 spiro atoms. The molecule has 0 radical (unpaired) electrons. The van der Waals surface area contributed by atoms with E-state index in [-0.39, 0.29) is 48.2 Å². The van der Waals surface area contributed by atoms with Gasteiger partial charge in [-0.1, -0.05) is 81.1 Å². The number of nitrogens with one attached hydrogen (secondary N) is 1. The number of hydrogen-bond acceptors (Lipinski definition) is 9. The number of carbonyl (C=O) groups is 3. The van der Waals surface area contributed by atoms with Crippen molar-refractivity contribution in [3.8, 4) is 0 Å². The lowest BCUT2D eigenvalue weighted by Crippen LogP contribution is -2.59. The SMILES string of the molecule is CCCCCOCN(C(=O)[C@@H](NC(=O)[C@H]1CCCCN1C)C(C)CC)[C@H](C[C@@H](O[Si](CC)(CC)CC)c1nc(C(=O)OC)cs1)C(C)C. The quantitative estimate of drug-likeness (QED) is 0.0574. The molecule has 1 N–H and O–H groups in total. The van der Waals surface area contributed by atoms with Gasteiger partial charge in [-0.2, -0.15) is 0 Å². The van der Waals surface area contributed by atoms with Gasteiger partial charge in [-0.25, -0.2) is 9.78 Å². The number of unbranched alkanes of at least 4 members (excludes halogenated alkanes) is 2. The Morgan fingerprint density at radius 1 is 1.08 bits per heavy atom. The number of nitrogens with zero attached hydrogens (tertiary/aromatic N) is 3. The summed E-state index contributed by atoms with van der Waals surface area (Å²) in [6.45, 7) is 18.7. The second-order valence-electron chi connectivity index (χ2n) is 13.9. The molecule has 0 bridgehead atoms. The second kappa shape index (κ2) is 21.4. The topological polar surface area (TPSA) is 110 Å². The average Bonchev–Trinajstić information content (AvgIpc) is 3.59. The molecule has 276 valence electrons. The zero-order valence-corrected chi connectivity index (χ0v) is 33.5. The molecule has 48 heavy (non-hydrogen) atoms. The van der Waals surface area contributed by atoms with Crippen LogP contribution in [-0.2, 0) is 23.5 Å². The predicted molar refractivity (Wildman–Crippen MR) is 197 cm³/mol. The van der Waals surface area contributed by atoms with Crippen molar-refractivity contribution in [2.24, 2.45) is 11.8 Å². The Labute approximate surface area is 296 Å². The summed E-state index contributed by atoms with van der Waals surface area (Å²) in [5, 5.41) is 5.66. The molecule has 2 heterocycles. The van der Waals surface area contributed by atoms with Crippen molar-refractivity contribution < 1.29 is 28.3 Å². The average molecular weight is 711 g/mol. The van der Waals surface area contributed by atoms with Crippen LogP contribution >= 0.6 is 11.3 Å². The summed E-state index contributed by atoms with van der Waals surface area (Å²) < 4.78 is 18.3. The van der Waals surface area contributed by atoms with Crippen molar-refractivity contribution in [3.63, 3.8) is 0 Å². The van der Waals surface area contributed by atoms with Gasteiger partial charge in [-0.15, -0.1) is 11.3 Å². The van der Waals surface area contributed by atoms with Crippen LogP contribution < -0.4 is 5.32 Å². The first-order valence-electron chi connectivity index (χ1n) is 18.5. The molecule has 1 aliphatic heterocycles. The summed E-state index contributed by atoms with van der Waals surface area (Å²) in [4.78, 5) is 49.6. The van der Waals surface area contributed by atoms with E-state index in [1.54, 1.807) is 5.38 Å². The van der Waals surface area contributed by atoms with Gasteiger partial charge < -0.3 is 24.1 Å². The number of esters is 1. The fraction of sp³-hybridized carbons (Fsp3) is 0.833. The van der Waals surface area contributed by atoms with E-state index in [0.29, 0.717) is 13.0 Å². The van der Waals surface area contributed by atoms with Crippen LogP contribution in [0.15, 0.2) is 5.38 Å². The standard InChI is InChI=1S/C36H66N4O6SSi/c1-11-16-19-22-45-25-40(35(42)32(27(8)12-2)38-33(41)29-20-17-18-21-39(29)9)30(26(6)7)23-31(46-48(13-3,14-4)15-5)34-37-28(24-47-34)36(43)44-10/h24,26-27,29-32H,11-23,25H2,1-10H3,(H,38,41)/t27?,29-,30-,31-,32+/m1/s1. The molecule has 0 aromatic carbocycles. The van der Waals surface area contributed by atoms with Crippen LogP contribution in [-0.4, -0.2) is 93.1 Å². The number of rotatable bonds is 22. The number of likely N-dealkylation sites (N-methyl/N-ethyl adjacent to an activating group) is 1. The molecule has 0 saturated carbocycles. The minimum atomic E-state index is -2.13. The zero-order valence-electron chi connectivity index (χ0n) is 31.6. The number of methoxy groups -OCH3 is 1. The first-order chi connectivity index (χ1) is 22.9. The maximum Gasteiger partial charge on any atom is 0.357 e. The van der Waals surface area contributed by atoms with Gasteiger partial charge in [0.2, 0.25) is 11.8 Å². The number of aromatic nitrogens is 1. The van der Waals surface area contributed by atoms with Crippen LogP contribution in [0.3, 0.4) is 0 Å². The van der Waals surface area contributed by atoms with Crippen LogP contribution in [0, 0.1) is 11.8 Å². The number of carbonyl (C=O) groups excluding carboxylic acids is 3. The van der Waals surface area contributed by atoms with Crippen LogP contribution in [0.1, 0.15) is 128 Å². The normalized spacial score (nSPS) is 18.3. The van der Waals surface area contributed by atoms with E-state index < -0.39 is 26.4 Å². The van der Waals surface area contributed by atoms with Crippen molar-refractivity contribution in [1.82, 2.24) is 20.1 Å². The molecule has 1 aromatic heterocycles. The van der Waals surface area contributed by atoms with E-state index in [1.165, 1.54) is 18.4 Å². The van der Waals surface area contributed by atoms with Gasteiger partial charge in [0, 0.05) is 18.0 Å². The van der Waals surface area contributed by atoms with Crippen molar-refractivity contribution in [3.05, 3.63) is 16.1 Å². The third kappa shape index (κ3) is 11.9. The van der Waals surface area contributed by atoms with E-state index in [9.17, 15) is 14.4 Å². The highest BCUT2D eigenvalue weighted by Gasteiger charge is 2.40. The van der Waals surface area contributed by atoms with Crippen LogP contribution in [0.2, 0.25) is 18.1 Å². The molecular formula is C36H66N4O6SSi. The third-order valence-corrected chi connectivity index (χ3v) is 16.0. The first-order valence-corrected chi connectivity index (χ1v) is 21.9. The van der Waals surface area contributed by atoms with Crippen LogP contribution in [0.25, 0.3) is 0 Å². The number of thiazole rings is 1. The second-order valence-corrected chi connectivity index (χ2v) is 19.5. The molecule has 10 nitrogen and oxygen atoms in total. The molecule has 12 heteroatoms. The molecule has 1 fully saturated rings. The lowest BCUT2D eigenvalue weighted by Gasteiger charge is -2.41. The molecular weight excluding hydrogens is 645 g/mol. The summed E-state index contributed by atoms with van der Waals surface area (Å²) in [6, 6.07) is 1.69. The van der Waals surface area contributed by atoms with E-state index >= 15 is 0 Å². The van der Waals surface area contributed by atoms with Gasteiger partial charge in [0.25, 0.3) is 0 Å². The highest BCUT2D eigenvalue weighted by Crippen LogP contribution is 2.37. The summed E-state index contributed by atoms with van der Waals surface area (Å²) in [7, 11) is 1.22. The number of ether oxygens (including phenoxy) is 2. The molecule has 1 saturated heterocycles. The Bertz CT molecular complexity index is 1110. The Hall–Kier alpha value is -1.86. The fourth-order valence-corrected chi connectivity index (χ4v) is 10.3. The monoisotopic (exact) mass is 710 g/mol. The minimum Gasteiger partial charge on any atom is -0.464 e. The zero-order chi connectivity index (χ0) is 35.9. The van der Waals surface area contributed by atoms with Crippen LogP contribution in [0.4, 0.5) is 0 Å². The smallest absolute Gasteiger partial charge is 0.357 e. The maximum atomic E-state index is 14.8. The molecule has 1 aromatic rings. The van der Waals surface area contributed by atoms with Crippen molar-refractivity contribution in [2.45, 2.75) is 149 Å². The van der Waals surface area contributed by atoms with E-state index in [4.69, 9.17) is 18.9 Å². The summed E-state index contributed by atoms with van der Waals surface area (Å²) in [5.74, 6) is -0.694. The van der Waals surface area contributed by atoms with Gasteiger partial charge >= 0.3 is 5.97 Å². The Balaban J connectivity index is 2.55. The molecule has 1 aliphatic rings. The largest absolute Gasteiger partial charge is 0.464 e. The van der Waals surface area contributed by atoms with Gasteiger partial charge in [-0.05, 0) is 69.2 Å². The highest BCUT2D eigenvalue weighted by molar-refractivity contribution is 7.09. The fourth-order valence-electron chi connectivity index (χ4n) is 6.57. The van der Waals surface area contributed by atoms with E-state index in [0.717, 1.165) is 74.6 Å². The van der Waals surface area contributed by atoms with Gasteiger partial charge in [-0.3, -0.25) is 14.5 Å². The van der Waals surface area contributed by atoms with Crippen molar-refractivity contribution in [1.29, 1.82) is 0 Å². The number of hydrogen-bond donors (Lipinski definition) is 1. The lowest BCUT2D eigenvalue weighted by molar-refractivity contribution is -0.149. The minimum absolute atomic E-state index is 0.0537. The third-order valence-electron chi connectivity index (χ3n) is 10.4. The summed E-state index contributed by atoms with van der Waals surface area (Å²) in [6.07, 6.45) is 6.77. The Morgan fingerprint density at radius 3 is 2.33 bits per heavy atom. The first kappa shape index (κ1) is 42.3. The van der Waals surface area contributed by atoms with E-state index in [1.807, 2.05) is 18.9 Å². The summed E-state index contributed by atoms with van der Waals surface area (Å²) in [5.41, 5.74) is 0.267. The number of amides is 2. The van der Waals surface area contributed by atoms with Crippen LogP contribution in [0.5, 0.6) is 0 Å². The predicted octanol–water partition coefficient (Wildman–Crippen LogP) is 7.42.